The third-order valence-electron chi connectivity index (χ3n) is 4.53. The van der Waals surface area contributed by atoms with E-state index in [1.807, 2.05) is 57.2 Å². The van der Waals surface area contributed by atoms with Crippen molar-refractivity contribution in [3.05, 3.63) is 54.1 Å². The second kappa shape index (κ2) is 7.82. The van der Waals surface area contributed by atoms with Crippen LogP contribution in [0.4, 0.5) is 10.5 Å². The summed E-state index contributed by atoms with van der Waals surface area (Å²) < 4.78 is 5.47. The van der Waals surface area contributed by atoms with Crippen LogP contribution in [-0.4, -0.2) is 49.1 Å². The number of anilines is 1. The molecular weight excluding hydrogens is 340 g/mol. The average Bonchev–Trinajstić information content (AvgIpc) is 2.67. The van der Waals surface area contributed by atoms with Gasteiger partial charge in [-0.2, -0.15) is 0 Å². The minimum atomic E-state index is -0.478. The van der Waals surface area contributed by atoms with E-state index in [9.17, 15) is 9.59 Å². The van der Waals surface area contributed by atoms with Crippen LogP contribution < -0.4 is 4.90 Å². The number of rotatable bonds is 3. The van der Waals surface area contributed by atoms with Crippen LogP contribution in [-0.2, 0) is 4.74 Å². The van der Waals surface area contributed by atoms with Crippen molar-refractivity contribution in [2.45, 2.75) is 26.4 Å². The first-order valence-electron chi connectivity index (χ1n) is 9.25. The first-order valence-corrected chi connectivity index (χ1v) is 9.25. The molecule has 0 bridgehead atoms. The molecule has 5 heteroatoms. The van der Waals surface area contributed by atoms with Gasteiger partial charge < -0.3 is 14.5 Å². The molecule has 142 valence electrons. The van der Waals surface area contributed by atoms with Crippen molar-refractivity contribution in [3.8, 4) is 11.1 Å². The first-order chi connectivity index (χ1) is 12.9. The maximum Gasteiger partial charge on any atom is 0.410 e. The summed E-state index contributed by atoms with van der Waals surface area (Å²) in [5.41, 5.74) is 3.53. The lowest BCUT2D eigenvalue weighted by Gasteiger charge is -2.37. The van der Waals surface area contributed by atoms with Gasteiger partial charge in [0.1, 0.15) is 11.9 Å². The van der Waals surface area contributed by atoms with Gasteiger partial charge in [-0.3, -0.25) is 4.79 Å². The minimum Gasteiger partial charge on any atom is -0.444 e. The molecule has 27 heavy (non-hydrogen) atoms. The van der Waals surface area contributed by atoms with Crippen molar-refractivity contribution in [1.29, 1.82) is 0 Å². The van der Waals surface area contributed by atoms with E-state index in [0.717, 1.165) is 36.2 Å². The van der Waals surface area contributed by atoms with Crippen LogP contribution in [0.5, 0.6) is 0 Å². The molecule has 3 rings (SSSR count). The Balaban J connectivity index is 1.73. The molecule has 1 heterocycles. The van der Waals surface area contributed by atoms with Gasteiger partial charge in [-0.15, -0.1) is 0 Å². The lowest BCUT2D eigenvalue weighted by Crippen LogP contribution is -2.50. The van der Waals surface area contributed by atoms with Gasteiger partial charge in [0.05, 0.1) is 0 Å². The number of carbonyl (C=O) groups is 2. The topological polar surface area (TPSA) is 49.9 Å². The minimum absolute atomic E-state index is 0.250. The highest BCUT2D eigenvalue weighted by Gasteiger charge is 2.26. The summed E-state index contributed by atoms with van der Waals surface area (Å²) in [7, 11) is 0. The fourth-order valence-corrected chi connectivity index (χ4v) is 3.19. The van der Waals surface area contributed by atoms with Crippen LogP contribution in [0.1, 0.15) is 31.1 Å². The SMILES string of the molecule is CC(C)(C)OC(=O)N1CCN(c2ccccc2-c2ccc(C=O)cc2)CC1. The summed E-state index contributed by atoms with van der Waals surface area (Å²) in [5, 5.41) is 0. The molecular formula is C22H26N2O3. The molecule has 1 amide bonds. The van der Waals surface area contributed by atoms with Crippen molar-refractivity contribution in [1.82, 2.24) is 4.90 Å². The highest BCUT2D eigenvalue weighted by atomic mass is 16.6. The van der Waals surface area contributed by atoms with Gasteiger partial charge >= 0.3 is 6.09 Å². The fourth-order valence-electron chi connectivity index (χ4n) is 3.19. The second-order valence-electron chi connectivity index (χ2n) is 7.71. The Morgan fingerprint density at radius 1 is 0.963 bits per heavy atom. The summed E-state index contributed by atoms with van der Waals surface area (Å²) in [6, 6.07) is 15.8. The maximum absolute atomic E-state index is 12.3. The Morgan fingerprint density at radius 3 is 2.19 bits per heavy atom. The number of carbonyl (C=O) groups excluding carboxylic acids is 2. The quantitative estimate of drug-likeness (QED) is 0.763. The van der Waals surface area contributed by atoms with Gasteiger partial charge in [0, 0.05) is 43.0 Å². The number of piperazine rings is 1. The first kappa shape index (κ1) is 19.0. The van der Waals surface area contributed by atoms with Crippen molar-refractivity contribution in [3.63, 3.8) is 0 Å². The maximum atomic E-state index is 12.3. The molecule has 0 radical (unpaired) electrons. The van der Waals surface area contributed by atoms with E-state index in [1.165, 1.54) is 0 Å². The number of hydrogen-bond acceptors (Lipinski definition) is 4. The van der Waals surface area contributed by atoms with Crippen molar-refractivity contribution < 1.29 is 14.3 Å². The van der Waals surface area contributed by atoms with Crippen LogP contribution in [0, 0.1) is 0 Å². The normalized spacial score (nSPS) is 14.8. The number of ether oxygens (including phenoxy) is 1. The third-order valence-corrected chi connectivity index (χ3v) is 4.53. The number of benzene rings is 2. The smallest absolute Gasteiger partial charge is 0.410 e. The lowest BCUT2D eigenvalue weighted by molar-refractivity contribution is 0.0240. The van der Waals surface area contributed by atoms with Gasteiger partial charge in [0.15, 0.2) is 0 Å². The van der Waals surface area contributed by atoms with Crippen molar-refractivity contribution in [2.24, 2.45) is 0 Å². The number of para-hydroxylation sites is 1. The number of aldehydes is 1. The molecule has 0 spiro atoms. The molecule has 0 atom stereocenters. The van der Waals surface area contributed by atoms with E-state index in [2.05, 4.69) is 17.0 Å². The van der Waals surface area contributed by atoms with Crippen LogP contribution in [0.2, 0.25) is 0 Å². The molecule has 0 N–H and O–H groups in total. The summed E-state index contributed by atoms with van der Waals surface area (Å²) in [6.07, 6.45) is 0.603. The monoisotopic (exact) mass is 366 g/mol. The Hall–Kier alpha value is -2.82. The van der Waals surface area contributed by atoms with Gasteiger partial charge in [0.2, 0.25) is 0 Å². The Kier molecular flexibility index (Phi) is 5.49. The average molecular weight is 366 g/mol. The molecule has 0 aliphatic carbocycles. The van der Waals surface area contributed by atoms with Gasteiger partial charge in [-0.05, 0) is 32.4 Å². The fraction of sp³-hybridized carbons (Fsp3) is 0.364. The van der Waals surface area contributed by atoms with Crippen LogP contribution in [0.3, 0.4) is 0 Å². The molecule has 1 saturated heterocycles. The highest BCUT2D eigenvalue weighted by Crippen LogP contribution is 2.31. The molecule has 0 saturated carbocycles. The van der Waals surface area contributed by atoms with E-state index in [4.69, 9.17) is 4.74 Å². The Morgan fingerprint density at radius 2 is 1.59 bits per heavy atom. The summed E-state index contributed by atoms with van der Waals surface area (Å²) in [4.78, 5) is 27.2. The van der Waals surface area contributed by atoms with Crippen molar-refractivity contribution >= 4 is 18.1 Å². The predicted molar refractivity (Wildman–Crippen MR) is 107 cm³/mol. The molecule has 1 fully saturated rings. The zero-order chi connectivity index (χ0) is 19.4. The molecule has 0 aromatic heterocycles. The van der Waals surface area contributed by atoms with Gasteiger partial charge in [-0.25, -0.2) is 4.79 Å². The molecule has 5 nitrogen and oxygen atoms in total. The van der Waals surface area contributed by atoms with Crippen LogP contribution in [0.25, 0.3) is 11.1 Å². The van der Waals surface area contributed by atoms with E-state index < -0.39 is 5.60 Å². The third kappa shape index (κ3) is 4.67. The van der Waals surface area contributed by atoms with E-state index in [-0.39, 0.29) is 6.09 Å². The number of hydrogen-bond donors (Lipinski definition) is 0. The highest BCUT2D eigenvalue weighted by molar-refractivity contribution is 5.82. The molecule has 1 aliphatic rings. The van der Waals surface area contributed by atoms with Crippen LogP contribution >= 0.6 is 0 Å². The number of amides is 1. The number of nitrogens with zero attached hydrogens (tertiary/aromatic N) is 2. The van der Waals surface area contributed by atoms with Gasteiger partial charge in [0.25, 0.3) is 0 Å². The zero-order valence-corrected chi connectivity index (χ0v) is 16.1. The summed E-state index contributed by atoms with van der Waals surface area (Å²) in [6.45, 7) is 8.42. The second-order valence-corrected chi connectivity index (χ2v) is 7.71. The largest absolute Gasteiger partial charge is 0.444 e. The summed E-state index contributed by atoms with van der Waals surface area (Å²) >= 11 is 0. The molecule has 0 unspecified atom stereocenters. The molecule has 1 aliphatic heterocycles. The Labute approximate surface area is 160 Å². The Bertz CT molecular complexity index is 801. The standard InChI is InChI=1S/C22H26N2O3/c1-22(2,3)27-21(26)24-14-12-23(13-15-24)20-7-5-4-6-19(20)18-10-8-17(16-25)9-11-18/h4-11,16H,12-15H2,1-3H3. The molecule has 2 aromatic carbocycles. The van der Waals surface area contributed by atoms with Crippen molar-refractivity contribution in [2.75, 3.05) is 31.1 Å². The predicted octanol–water partition coefficient (Wildman–Crippen LogP) is 4.22. The van der Waals surface area contributed by atoms with E-state index in [1.54, 1.807) is 4.90 Å². The molecule has 2 aromatic rings. The van der Waals surface area contributed by atoms with Gasteiger partial charge in [-0.1, -0.05) is 42.5 Å². The van der Waals surface area contributed by atoms with Crippen LogP contribution in [0.15, 0.2) is 48.5 Å². The zero-order valence-electron chi connectivity index (χ0n) is 16.1. The summed E-state index contributed by atoms with van der Waals surface area (Å²) in [5.74, 6) is 0. The van der Waals surface area contributed by atoms with E-state index >= 15 is 0 Å². The van der Waals surface area contributed by atoms with E-state index in [0.29, 0.717) is 18.7 Å². The lowest BCUT2D eigenvalue weighted by atomic mass is 10.0.